The Kier molecular flexibility index (Phi) is 5.00. The molecule has 2 aromatic carbocycles. The molecule has 1 aliphatic heterocycles. The molecule has 2 fully saturated rings. The Morgan fingerprint density at radius 1 is 1.04 bits per heavy atom. The fraction of sp³-hybridized carbons (Fsp3) is 0.409. The summed E-state index contributed by atoms with van der Waals surface area (Å²) in [6.07, 6.45) is 2.42. The first-order valence-corrected chi connectivity index (χ1v) is 10.1. The molecule has 1 N–H and O–H groups in total. The molecule has 2 aliphatic rings. The van der Waals surface area contributed by atoms with E-state index in [1.54, 1.807) is 0 Å². The Hall–Kier alpha value is -1.49. The van der Waals surface area contributed by atoms with Crippen LogP contribution in [0.1, 0.15) is 28.8 Å². The van der Waals surface area contributed by atoms with Gasteiger partial charge in [-0.3, -0.25) is 9.69 Å². The molecule has 0 unspecified atom stereocenters. The standard InChI is InChI=1S/C22H24BrNO2/c23-20-8-6-17(7-9-20)21(25)15-24-13-18-11-22(26,12-19(18)14-24)10-16-4-2-1-3-5-16/h1-9,18-19,26H,10-15H2/t18-,19+,22-. The van der Waals surface area contributed by atoms with Crippen LogP contribution in [-0.4, -0.2) is 41.0 Å². The lowest BCUT2D eigenvalue weighted by molar-refractivity contribution is 0.0355. The first-order chi connectivity index (χ1) is 12.5. The third kappa shape index (κ3) is 3.93. The van der Waals surface area contributed by atoms with Gasteiger partial charge >= 0.3 is 0 Å². The van der Waals surface area contributed by atoms with Gasteiger partial charge in [0.1, 0.15) is 0 Å². The number of rotatable bonds is 5. The highest BCUT2D eigenvalue weighted by Gasteiger charge is 2.48. The van der Waals surface area contributed by atoms with Gasteiger partial charge in [-0.15, -0.1) is 0 Å². The Labute approximate surface area is 163 Å². The summed E-state index contributed by atoms with van der Waals surface area (Å²) in [5.74, 6) is 1.18. The van der Waals surface area contributed by atoms with E-state index in [-0.39, 0.29) is 5.78 Å². The van der Waals surface area contributed by atoms with Crippen molar-refractivity contribution in [1.82, 2.24) is 4.90 Å². The molecule has 3 atom stereocenters. The van der Waals surface area contributed by atoms with E-state index in [0.717, 1.165) is 42.4 Å². The van der Waals surface area contributed by atoms with Crippen molar-refractivity contribution in [3.63, 3.8) is 0 Å². The van der Waals surface area contributed by atoms with E-state index >= 15 is 0 Å². The predicted octanol–water partition coefficient (Wildman–Crippen LogP) is 3.95. The van der Waals surface area contributed by atoms with Gasteiger partial charge in [0.2, 0.25) is 0 Å². The second kappa shape index (κ2) is 7.26. The summed E-state index contributed by atoms with van der Waals surface area (Å²) in [4.78, 5) is 14.8. The first-order valence-electron chi connectivity index (χ1n) is 9.28. The molecule has 1 saturated heterocycles. The van der Waals surface area contributed by atoms with Gasteiger partial charge in [0.25, 0.3) is 0 Å². The molecule has 3 nitrogen and oxygen atoms in total. The molecule has 0 amide bonds. The molecule has 26 heavy (non-hydrogen) atoms. The number of carbonyl (C=O) groups excluding carboxylic acids is 1. The number of likely N-dealkylation sites (tertiary alicyclic amines) is 1. The zero-order chi connectivity index (χ0) is 18.1. The monoisotopic (exact) mass is 413 g/mol. The minimum absolute atomic E-state index is 0.178. The summed E-state index contributed by atoms with van der Waals surface area (Å²) in [5, 5.41) is 11.0. The van der Waals surface area contributed by atoms with Crippen molar-refractivity contribution in [2.75, 3.05) is 19.6 Å². The maximum Gasteiger partial charge on any atom is 0.176 e. The number of benzene rings is 2. The van der Waals surface area contributed by atoms with Gasteiger partial charge in [-0.2, -0.15) is 0 Å². The Bertz CT molecular complexity index is 760. The van der Waals surface area contributed by atoms with Crippen LogP contribution < -0.4 is 0 Å². The maximum atomic E-state index is 12.5. The van der Waals surface area contributed by atoms with E-state index in [1.807, 2.05) is 42.5 Å². The average Bonchev–Trinajstić information content (AvgIpc) is 3.10. The van der Waals surface area contributed by atoms with Crippen LogP contribution in [0.2, 0.25) is 0 Å². The molecule has 1 heterocycles. The van der Waals surface area contributed by atoms with Crippen molar-refractivity contribution in [2.45, 2.75) is 24.9 Å². The van der Waals surface area contributed by atoms with Crippen LogP contribution in [0.5, 0.6) is 0 Å². The summed E-state index contributed by atoms with van der Waals surface area (Å²) < 4.78 is 0.988. The number of hydrogen-bond donors (Lipinski definition) is 1. The maximum absolute atomic E-state index is 12.5. The van der Waals surface area contributed by atoms with Crippen molar-refractivity contribution < 1.29 is 9.90 Å². The Morgan fingerprint density at radius 3 is 2.27 bits per heavy atom. The number of aliphatic hydroxyl groups is 1. The molecular weight excluding hydrogens is 390 g/mol. The average molecular weight is 414 g/mol. The second-order valence-corrected chi connectivity index (χ2v) is 8.85. The number of hydrogen-bond acceptors (Lipinski definition) is 3. The number of fused-ring (bicyclic) bond motifs is 1. The van der Waals surface area contributed by atoms with Gasteiger partial charge in [0.05, 0.1) is 12.1 Å². The van der Waals surface area contributed by atoms with Crippen molar-refractivity contribution in [1.29, 1.82) is 0 Å². The predicted molar refractivity (Wildman–Crippen MR) is 106 cm³/mol. The lowest BCUT2D eigenvalue weighted by Crippen LogP contribution is -2.34. The third-order valence-corrected chi connectivity index (χ3v) is 6.37. The lowest BCUT2D eigenvalue weighted by atomic mass is 9.91. The zero-order valence-corrected chi connectivity index (χ0v) is 16.4. The van der Waals surface area contributed by atoms with Crippen LogP contribution in [0.4, 0.5) is 0 Å². The number of carbonyl (C=O) groups is 1. The molecule has 136 valence electrons. The lowest BCUT2D eigenvalue weighted by Gasteiger charge is -2.26. The topological polar surface area (TPSA) is 40.5 Å². The largest absolute Gasteiger partial charge is 0.390 e. The van der Waals surface area contributed by atoms with E-state index in [2.05, 4.69) is 33.0 Å². The highest BCUT2D eigenvalue weighted by atomic mass is 79.9. The number of Topliss-reactive ketones (excluding diaryl/α,β-unsaturated/α-hetero) is 1. The minimum Gasteiger partial charge on any atom is -0.390 e. The SMILES string of the molecule is O=C(CN1C[C@@H]2C[C@@](O)(Cc3ccccc3)C[C@@H]2C1)c1ccc(Br)cc1. The van der Waals surface area contributed by atoms with Crippen molar-refractivity contribution >= 4 is 21.7 Å². The molecule has 0 aromatic heterocycles. The van der Waals surface area contributed by atoms with Gasteiger partial charge in [0.15, 0.2) is 5.78 Å². The van der Waals surface area contributed by atoms with Crippen LogP contribution in [0.25, 0.3) is 0 Å². The molecule has 1 saturated carbocycles. The number of ketones is 1. The summed E-state index contributed by atoms with van der Waals surface area (Å²) in [5.41, 5.74) is 1.39. The van der Waals surface area contributed by atoms with Gasteiger partial charge in [-0.05, 0) is 42.4 Å². The first kappa shape index (κ1) is 17.9. The molecule has 1 aliphatic carbocycles. The van der Waals surface area contributed by atoms with Gasteiger partial charge < -0.3 is 5.11 Å². The van der Waals surface area contributed by atoms with Crippen molar-refractivity contribution in [3.8, 4) is 0 Å². The number of nitrogens with zero attached hydrogens (tertiary/aromatic N) is 1. The fourth-order valence-corrected chi connectivity index (χ4v) is 5.00. The van der Waals surface area contributed by atoms with E-state index in [4.69, 9.17) is 0 Å². The van der Waals surface area contributed by atoms with Crippen LogP contribution in [0, 0.1) is 11.8 Å². The summed E-state index contributed by atoms with van der Waals surface area (Å²) in [6.45, 7) is 2.32. The highest BCUT2D eigenvalue weighted by Crippen LogP contribution is 2.45. The molecule has 0 bridgehead atoms. The second-order valence-electron chi connectivity index (χ2n) is 7.94. The fourth-order valence-electron chi connectivity index (χ4n) is 4.74. The molecule has 4 heteroatoms. The smallest absolute Gasteiger partial charge is 0.176 e. The normalized spacial score (nSPS) is 28.2. The van der Waals surface area contributed by atoms with Gasteiger partial charge in [-0.25, -0.2) is 0 Å². The number of halogens is 1. The van der Waals surface area contributed by atoms with Gasteiger partial charge in [0, 0.05) is 29.5 Å². The summed E-state index contributed by atoms with van der Waals surface area (Å²) in [6, 6.07) is 17.8. The van der Waals surface area contributed by atoms with Crippen molar-refractivity contribution in [3.05, 3.63) is 70.2 Å². The van der Waals surface area contributed by atoms with Crippen LogP contribution >= 0.6 is 15.9 Å². The third-order valence-electron chi connectivity index (χ3n) is 5.85. The van der Waals surface area contributed by atoms with E-state index in [1.165, 1.54) is 5.56 Å². The quantitative estimate of drug-likeness (QED) is 0.754. The molecule has 4 rings (SSSR count). The summed E-state index contributed by atoms with van der Waals surface area (Å²) >= 11 is 3.40. The summed E-state index contributed by atoms with van der Waals surface area (Å²) in [7, 11) is 0. The van der Waals surface area contributed by atoms with E-state index in [9.17, 15) is 9.90 Å². The molecular formula is C22H24BrNO2. The molecule has 0 spiro atoms. The molecule has 0 radical (unpaired) electrons. The zero-order valence-electron chi connectivity index (χ0n) is 14.8. The van der Waals surface area contributed by atoms with Crippen LogP contribution in [0.15, 0.2) is 59.1 Å². The van der Waals surface area contributed by atoms with Crippen LogP contribution in [-0.2, 0) is 6.42 Å². The Balaban J connectivity index is 1.33. The highest BCUT2D eigenvalue weighted by molar-refractivity contribution is 9.10. The van der Waals surface area contributed by atoms with Crippen molar-refractivity contribution in [2.24, 2.45) is 11.8 Å². The Morgan fingerprint density at radius 2 is 1.65 bits per heavy atom. The molecule has 2 aromatic rings. The van der Waals surface area contributed by atoms with E-state index < -0.39 is 5.60 Å². The van der Waals surface area contributed by atoms with Crippen LogP contribution in [0.3, 0.4) is 0 Å². The van der Waals surface area contributed by atoms with Gasteiger partial charge in [-0.1, -0.05) is 58.4 Å². The van der Waals surface area contributed by atoms with E-state index in [0.29, 0.717) is 18.4 Å². The minimum atomic E-state index is -0.585.